The van der Waals surface area contributed by atoms with Crippen molar-refractivity contribution in [3.63, 3.8) is 0 Å². The van der Waals surface area contributed by atoms with Gasteiger partial charge in [-0.1, -0.05) is 35.9 Å². The fourth-order valence-corrected chi connectivity index (χ4v) is 4.49. The standard InChI is InChI=1S/C26H31FN4O3/c1-4-34-26(33)30-13-11-29(12-14-30)17-25(32)31-24(22-15-18(2)5-6-19(22)3)16-23(28-31)20-7-9-21(27)10-8-20/h5-10,15,24H,4,11-14,16-17H2,1-3H3/t24-/m0/s1. The maximum absolute atomic E-state index is 13.5. The molecule has 34 heavy (non-hydrogen) atoms. The van der Waals surface area contributed by atoms with Gasteiger partial charge in [0.25, 0.3) is 5.91 Å². The number of hydrazone groups is 1. The van der Waals surface area contributed by atoms with Gasteiger partial charge in [0.15, 0.2) is 0 Å². The van der Waals surface area contributed by atoms with Crippen molar-refractivity contribution in [3.05, 3.63) is 70.5 Å². The zero-order chi connectivity index (χ0) is 24.2. The Hall–Kier alpha value is -3.26. The van der Waals surface area contributed by atoms with Gasteiger partial charge in [-0.15, -0.1) is 0 Å². The first kappa shape index (κ1) is 23.9. The minimum absolute atomic E-state index is 0.0902. The summed E-state index contributed by atoms with van der Waals surface area (Å²) in [6, 6.07) is 12.3. The zero-order valence-corrected chi connectivity index (χ0v) is 20.0. The Morgan fingerprint density at radius 1 is 1.06 bits per heavy atom. The molecule has 1 saturated heterocycles. The van der Waals surface area contributed by atoms with Gasteiger partial charge in [-0.3, -0.25) is 9.69 Å². The highest BCUT2D eigenvalue weighted by Gasteiger charge is 2.35. The Labute approximate surface area is 199 Å². The molecule has 2 heterocycles. The number of benzene rings is 2. The second-order valence-corrected chi connectivity index (χ2v) is 8.83. The smallest absolute Gasteiger partial charge is 0.409 e. The van der Waals surface area contributed by atoms with E-state index in [-0.39, 0.29) is 30.4 Å². The van der Waals surface area contributed by atoms with Crippen LogP contribution in [0.3, 0.4) is 0 Å². The largest absolute Gasteiger partial charge is 0.450 e. The summed E-state index contributed by atoms with van der Waals surface area (Å²) in [6.45, 7) is 8.68. The topological polar surface area (TPSA) is 65.5 Å². The van der Waals surface area contributed by atoms with Crippen LogP contribution in [0.2, 0.25) is 0 Å². The molecule has 0 spiro atoms. The fourth-order valence-electron chi connectivity index (χ4n) is 4.49. The molecule has 0 N–H and O–H groups in total. The molecule has 0 aromatic heterocycles. The third-order valence-corrected chi connectivity index (χ3v) is 6.39. The molecule has 0 aliphatic carbocycles. The third-order valence-electron chi connectivity index (χ3n) is 6.39. The lowest BCUT2D eigenvalue weighted by molar-refractivity contribution is -0.134. The van der Waals surface area contributed by atoms with E-state index in [0.717, 1.165) is 28.0 Å². The molecule has 180 valence electrons. The first-order chi connectivity index (χ1) is 16.4. The van der Waals surface area contributed by atoms with Crippen LogP contribution in [0, 0.1) is 19.7 Å². The van der Waals surface area contributed by atoms with Crippen LogP contribution in [0.5, 0.6) is 0 Å². The van der Waals surface area contributed by atoms with Crippen LogP contribution in [0.4, 0.5) is 9.18 Å². The predicted molar refractivity (Wildman–Crippen MR) is 128 cm³/mol. The van der Waals surface area contributed by atoms with Gasteiger partial charge in [0.1, 0.15) is 5.82 Å². The summed E-state index contributed by atoms with van der Waals surface area (Å²) in [7, 11) is 0. The first-order valence-corrected chi connectivity index (χ1v) is 11.7. The number of piperazine rings is 1. The van der Waals surface area contributed by atoms with Gasteiger partial charge in [-0.2, -0.15) is 5.10 Å². The van der Waals surface area contributed by atoms with Crippen molar-refractivity contribution >= 4 is 17.7 Å². The number of amides is 2. The van der Waals surface area contributed by atoms with E-state index < -0.39 is 0 Å². The molecule has 2 amide bonds. The third kappa shape index (κ3) is 5.28. The molecule has 2 aromatic carbocycles. The van der Waals surface area contributed by atoms with Crippen LogP contribution < -0.4 is 0 Å². The van der Waals surface area contributed by atoms with E-state index in [2.05, 4.69) is 18.2 Å². The molecule has 1 fully saturated rings. The number of hydrogen-bond donors (Lipinski definition) is 0. The maximum Gasteiger partial charge on any atom is 0.409 e. The molecule has 1 atom stereocenters. The molecular weight excluding hydrogens is 435 g/mol. The second kappa shape index (κ2) is 10.3. The fraction of sp³-hybridized carbons (Fsp3) is 0.423. The molecule has 2 aromatic rings. The lowest BCUT2D eigenvalue weighted by Crippen LogP contribution is -2.51. The molecular formula is C26H31FN4O3. The highest BCUT2D eigenvalue weighted by molar-refractivity contribution is 6.03. The van der Waals surface area contributed by atoms with Gasteiger partial charge in [0, 0.05) is 32.6 Å². The van der Waals surface area contributed by atoms with Gasteiger partial charge in [0.05, 0.1) is 24.9 Å². The summed E-state index contributed by atoms with van der Waals surface area (Å²) in [5.74, 6) is -0.393. The Kier molecular flexibility index (Phi) is 7.26. The van der Waals surface area contributed by atoms with Crippen molar-refractivity contribution < 1.29 is 18.7 Å². The summed E-state index contributed by atoms with van der Waals surface area (Å²) in [5.41, 5.74) is 4.88. The summed E-state index contributed by atoms with van der Waals surface area (Å²) in [5, 5.41) is 6.31. The summed E-state index contributed by atoms with van der Waals surface area (Å²) in [6.07, 6.45) is 0.259. The number of carbonyl (C=O) groups is 2. The molecule has 2 aliphatic heterocycles. The highest BCUT2D eigenvalue weighted by Crippen LogP contribution is 2.35. The number of halogens is 1. The lowest BCUT2D eigenvalue weighted by atomic mass is 9.94. The van der Waals surface area contributed by atoms with E-state index in [1.807, 2.05) is 18.7 Å². The number of carbonyl (C=O) groups excluding carboxylic acids is 2. The summed E-state index contributed by atoms with van der Waals surface area (Å²) in [4.78, 5) is 29.1. The number of ether oxygens (including phenoxy) is 1. The van der Waals surface area contributed by atoms with Crippen LogP contribution in [-0.4, -0.2) is 71.9 Å². The number of nitrogens with zero attached hydrogens (tertiary/aromatic N) is 4. The van der Waals surface area contributed by atoms with Crippen molar-refractivity contribution in [2.45, 2.75) is 33.2 Å². The van der Waals surface area contributed by atoms with Crippen LogP contribution in [0.15, 0.2) is 47.6 Å². The monoisotopic (exact) mass is 466 g/mol. The lowest BCUT2D eigenvalue weighted by Gasteiger charge is -2.34. The summed E-state index contributed by atoms with van der Waals surface area (Å²) < 4.78 is 18.5. The van der Waals surface area contributed by atoms with Crippen molar-refractivity contribution in [2.75, 3.05) is 39.3 Å². The number of hydrogen-bond acceptors (Lipinski definition) is 5. The van der Waals surface area contributed by atoms with E-state index in [0.29, 0.717) is 39.2 Å². The molecule has 7 nitrogen and oxygen atoms in total. The highest BCUT2D eigenvalue weighted by atomic mass is 19.1. The zero-order valence-electron chi connectivity index (χ0n) is 20.0. The Morgan fingerprint density at radius 3 is 2.44 bits per heavy atom. The molecule has 0 bridgehead atoms. The van der Waals surface area contributed by atoms with Gasteiger partial charge in [-0.25, -0.2) is 14.2 Å². The number of rotatable bonds is 5. The summed E-state index contributed by atoms with van der Waals surface area (Å²) >= 11 is 0. The van der Waals surface area contributed by atoms with Crippen molar-refractivity contribution in [1.29, 1.82) is 0 Å². The molecule has 4 rings (SSSR count). The quantitative estimate of drug-likeness (QED) is 0.671. The van der Waals surface area contributed by atoms with E-state index >= 15 is 0 Å². The molecule has 0 saturated carbocycles. The molecule has 0 radical (unpaired) electrons. The van der Waals surface area contributed by atoms with E-state index in [4.69, 9.17) is 9.84 Å². The van der Waals surface area contributed by atoms with E-state index in [9.17, 15) is 14.0 Å². The normalized spacial score (nSPS) is 18.7. The average Bonchev–Trinajstić information content (AvgIpc) is 3.27. The predicted octanol–water partition coefficient (Wildman–Crippen LogP) is 3.89. The molecule has 2 aliphatic rings. The SMILES string of the molecule is CCOC(=O)N1CCN(CC(=O)N2N=C(c3ccc(F)cc3)C[C@H]2c2cc(C)ccc2C)CC1. The van der Waals surface area contributed by atoms with Crippen molar-refractivity contribution in [2.24, 2.45) is 5.10 Å². The Morgan fingerprint density at radius 2 is 1.76 bits per heavy atom. The van der Waals surface area contributed by atoms with E-state index in [1.165, 1.54) is 12.1 Å². The molecule has 0 unspecified atom stereocenters. The van der Waals surface area contributed by atoms with Gasteiger partial charge in [-0.05, 0) is 49.6 Å². The second-order valence-electron chi connectivity index (χ2n) is 8.83. The maximum atomic E-state index is 13.5. The van der Waals surface area contributed by atoms with Gasteiger partial charge < -0.3 is 9.64 Å². The van der Waals surface area contributed by atoms with Crippen LogP contribution in [-0.2, 0) is 9.53 Å². The van der Waals surface area contributed by atoms with Crippen LogP contribution in [0.1, 0.15) is 41.6 Å². The first-order valence-electron chi connectivity index (χ1n) is 11.7. The van der Waals surface area contributed by atoms with Gasteiger partial charge in [0.2, 0.25) is 0 Å². The average molecular weight is 467 g/mol. The number of aryl methyl sites for hydroxylation is 2. The van der Waals surface area contributed by atoms with Crippen molar-refractivity contribution in [3.8, 4) is 0 Å². The minimum Gasteiger partial charge on any atom is -0.450 e. The van der Waals surface area contributed by atoms with E-state index in [1.54, 1.807) is 29.0 Å². The Bertz CT molecular complexity index is 1080. The van der Waals surface area contributed by atoms with Crippen LogP contribution >= 0.6 is 0 Å². The Balaban J connectivity index is 1.52. The minimum atomic E-state index is -0.309. The molecule has 8 heteroatoms. The van der Waals surface area contributed by atoms with Gasteiger partial charge >= 0.3 is 6.09 Å². The van der Waals surface area contributed by atoms with Crippen molar-refractivity contribution in [1.82, 2.24) is 14.8 Å². The van der Waals surface area contributed by atoms with Crippen LogP contribution in [0.25, 0.3) is 0 Å².